The Morgan fingerprint density at radius 2 is 2.10 bits per heavy atom. The molecule has 0 saturated heterocycles. The molecule has 0 aromatic heterocycles. The molecule has 0 unspecified atom stereocenters. The molecule has 0 atom stereocenters. The van der Waals surface area contributed by atoms with Crippen molar-refractivity contribution in [2.24, 2.45) is 0 Å². The summed E-state index contributed by atoms with van der Waals surface area (Å²) < 4.78 is 40.2. The molecule has 8 heteroatoms. The van der Waals surface area contributed by atoms with Gasteiger partial charge in [-0.3, -0.25) is 4.79 Å². The second-order valence-corrected chi connectivity index (χ2v) is 4.75. The summed E-state index contributed by atoms with van der Waals surface area (Å²) in [4.78, 5) is 12.4. The molecule has 0 aliphatic heterocycles. The molecule has 0 radical (unpaired) electrons. The molecule has 1 aromatic rings. The second kappa shape index (κ2) is 8.09. The van der Waals surface area contributed by atoms with Gasteiger partial charge in [0, 0.05) is 23.9 Å². The van der Waals surface area contributed by atoms with Crippen molar-refractivity contribution in [3.63, 3.8) is 0 Å². The smallest absolute Gasteiger partial charge is 0.411 e. The van der Waals surface area contributed by atoms with Gasteiger partial charge in [-0.05, 0) is 24.6 Å². The van der Waals surface area contributed by atoms with E-state index in [1.54, 1.807) is 24.3 Å². The Hall–Kier alpha value is -1.47. The standard InChI is InChI=1S/C13H15ClF3NO3/c14-10-3-1-4-11(7-10)18(8-12(19)20)5-2-6-21-9-13(15,16)17/h1,3-4,7H,2,5-6,8-9H2,(H,19,20). The van der Waals surface area contributed by atoms with Gasteiger partial charge < -0.3 is 14.7 Å². The SMILES string of the molecule is O=C(O)CN(CCCOCC(F)(F)F)c1cccc(Cl)c1. The molecule has 1 aromatic carbocycles. The zero-order valence-corrected chi connectivity index (χ0v) is 11.8. The summed E-state index contributed by atoms with van der Waals surface area (Å²) in [6.07, 6.45) is -4.08. The summed E-state index contributed by atoms with van der Waals surface area (Å²) in [5.74, 6) is -1.04. The van der Waals surface area contributed by atoms with Crippen LogP contribution in [0.2, 0.25) is 5.02 Å². The number of carboxylic acid groups (broad SMARTS) is 1. The quantitative estimate of drug-likeness (QED) is 0.746. The van der Waals surface area contributed by atoms with Crippen LogP contribution in [0.15, 0.2) is 24.3 Å². The normalized spacial score (nSPS) is 11.4. The van der Waals surface area contributed by atoms with Gasteiger partial charge in [0.2, 0.25) is 0 Å². The van der Waals surface area contributed by atoms with Gasteiger partial charge >= 0.3 is 12.1 Å². The van der Waals surface area contributed by atoms with Gasteiger partial charge in [-0.2, -0.15) is 13.2 Å². The molecule has 118 valence electrons. The Bertz CT molecular complexity index is 468. The van der Waals surface area contributed by atoms with E-state index in [4.69, 9.17) is 16.7 Å². The van der Waals surface area contributed by atoms with Gasteiger partial charge in [-0.15, -0.1) is 0 Å². The van der Waals surface area contributed by atoms with Gasteiger partial charge in [0.05, 0.1) is 0 Å². The number of alkyl halides is 3. The highest BCUT2D eigenvalue weighted by atomic mass is 35.5. The summed E-state index contributed by atoms with van der Waals surface area (Å²) in [7, 11) is 0. The van der Waals surface area contributed by atoms with Crippen molar-refractivity contribution in [3.8, 4) is 0 Å². The average Bonchev–Trinajstić information content (AvgIpc) is 2.35. The lowest BCUT2D eigenvalue weighted by Gasteiger charge is -2.23. The van der Waals surface area contributed by atoms with Gasteiger partial charge in [0.15, 0.2) is 0 Å². The van der Waals surface area contributed by atoms with Gasteiger partial charge in [-0.1, -0.05) is 17.7 Å². The van der Waals surface area contributed by atoms with Crippen LogP contribution in [-0.2, 0) is 9.53 Å². The summed E-state index contributed by atoms with van der Waals surface area (Å²) in [5, 5.41) is 9.32. The number of anilines is 1. The topological polar surface area (TPSA) is 49.8 Å². The lowest BCUT2D eigenvalue weighted by atomic mass is 10.2. The van der Waals surface area contributed by atoms with E-state index in [-0.39, 0.29) is 26.1 Å². The molecule has 21 heavy (non-hydrogen) atoms. The highest BCUT2D eigenvalue weighted by Gasteiger charge is 2.27. The molecule has 0 amide bonds. The number of nitrogens with zero attached hydrogens (tertiary/aromatic N) is 1. The van der Waals surface area contributed by atoms with Crippen LogP contribution < -0.4 is 4.90 Å². The van der Waals surface area contributed by atoms with Crippen molar-refractivity contribution in [2.75, 3.05) is 31.2 Å². The van der Waals surface area contributed by atoms with Crippen LogP contribution in [0.1, 0.15) is 6.42 Å². The first-order valence-corrected chi connectivity index (χ1v) is 6.52. The van der Waals surface area contributed by atoms with Crippen LogP contribution >= 0.6 is 11.6 Å². The predicted molar refractivity (Wildman–Crippen MR) is 72.8 cm³/mol. The minimum absolute atomic E-state index is 0.101. The number of carbonyl (C=O) groups is 1. The zero-order valence-electron chi connectivity index (χ0n) is 11.1. The Kier molecular flexibility index (Phi) is 6.77. The summed E-state index contributed by atoms with van der Waals surface area (Å²) in [6, 6.07) is 6.61. The summed E-state index contributed by atoms with van der Waals surface area (Å²) >= 11 is 5.84. The van der Waals surface area contributed by atoms with E-state index >= 15 is 0 Å². The lowest BCUT2D eigenvalue weighted by Crippen LogP contribution is -2.31. The van der Waals surface area contributed by atoms with Crippen LogP contribution in [0.25, 0.3) is 0 Å². The van der Waals surface area contributed by atoms with E-state index in [1.165, 1.54) is 4.90 Å². The average molecular weight is 326 g/mol. The molecule has 4 nitrogen and oxygen atoms in total. The third kappa shape index (κ3) is 7.77. The summed E-state index contributed by atoms with van der Waals surface area (Å²) in [6.45, 7) is -1.41. The fourth-order valence-electron chi connectivity index (χ4n) is 1.68. The largest absolute Gasteiger partial charge is 0.480 e. The van der Waals surface area contributed by atoms with E-state index < -0.39 is 18.8 Å². The van der Waals surface area contributed by atoms with Crippen molar-refractivity contribution in [2.45, 2.75) is 12.6 Å². The van der Waals surface area contributed by atoms with Crippen molar-refractivity contribution >= 4 is 23.3 Å². The number of rotatable bonds is 8. The number of ether oxygens (including phenoxy) is 1. The van der Waals surface area contributed by atoms with Gasteiger partial charge in [0.1, 0.15) is 13.2 Å². The van der Waals surface area contributed by atoms with Crippen molar-refractivity contribution in [1.82, 2.24) is 0 Å². The highest BCUT2D eigenvalue weighted by Crippen LogP contribution is 2.20. The monoisotopic (exact) mass is 325 g/mol. The minimum atomic E-state index is -4.35. The van der Waals surface area contributed by atoms with E-state index in [2.05, 4.69) is 4.74 Å². The first-order valence-electron chi connectivity index (χ1n) is 6.15. The molecule has 0 saturated carbocycles. The maximum absolute atomic E-state index is 11.9. The Balaban J connectivity index is 2.50. The maximum atomic E-state index is 11.9. The minimum Gasteiger partial charge on any atom is -0.480 e. The number of halogens is 4. The number of hydrogen-bond donors (Lipinski definition) is 1. The van der Waals surface area contributed by atoms with E-state index in [0.29, 0.717) is 10.7 Å². The molecule has 0 aliphatic carbocycles. The molecule has 0 bridgehead atoms. The van der Waals surface area contributed by atoms with Crippen molar-refractivity contribution < 1.29 is 27.8 Å². The van der Waals surface area contributed by atoms with E-state index in [9.17, 15) is 18.0 Å². The fourth-order valence-corrected chi connectivity index (χ4v) is 1.87. The van der Waals surface area contributed by atoms with Crippen LogP contribution in [-0.4, -0.2) is 43.6 Å². The lowest BCUT2D eigenvalue weighted by molar-refractivity contribution is -0.173. The Morgan fingerprint density at radius 3 is 2.67 bits per heavy atom. The van der Waals surface area contributed by atoms with E-state index in [0.717, 1.165) is 0 Å². The molecule has 1 rings (SSSR count). The number of hydrogen-bond acceptors (Lipinski definition) is 3. The highest BCUT2D eigenvalue weighted by molar-refractivity contribution is 6.30. The van der Waals surface area contributed by atoms with Crippen LogP contribution in [0.3, 0.4) is 0 Å². The molecule has 0 fully saturated rings. The number of aliphatic carboxylic acids is 1. The molecule has 0 aliphatic rings. The number of carboxylic acids is 1. The van der Waals surface area contributed by atoms with Gasteiger partial charge in [0.25, 0.3) is 0 Å². The van der Waals surface area contributed by atoms with E-state index in [1.807, 2.05) is 0 Å². The molecular weight excluding hydrogens is 311 g/mol. The Morgan fingerprint density at radius 1 is 1.38 bits per heavy atom. The third-order valence-corrected chi connectivity index (χ3v) is 2.72. The Labute approximate surface area is 125 Å². The summed E-state index contributed by atoms with van der Waals surface area (Å²) in [5.41, 5.74) is 0.598. The molecule has 1 N–H and O–H groups in total. The zero-order chi connectivity index (χ0) is 15.9. The fraction of sp³-hybridized carbons (Fsp3) is 0.462. The maximum Gasteiger partial charge on any atom is 0.411 e. The predicted octanol–water partition coefficient (Wildman–Crippen LogP) is 3.20. The van der Waals surface area contributed by atoms with Gasteiger partial charge in [-0.25, -0.2) is 0 Å². The second-order valence-electron chi connectivity index (χ2n) is 4.32. The van der Waals surface area contributed by atoms with Crippen LogP contribution in [0.4, 0.5) is 18.9 Å². The first-order chi connectivity index (χ1) is 9.78. The molecular formula is C13H15ClF3NO3. The molecule has 0 spiro atoms. The van der Waals surface area contributed by atoms with Crippen LogP contribution in [0.5, 0.6) is 0 Å². The number of benzene rings is 1. The van der Waals surface area contributed by atoms with Crippen molar-refractivity contribution in [3.05, 3.63) is 29.3 Å². The van der Waals surface area contributed by atoms with Crippen LogP contribution in [0, 0.1) is 0 Å². The molecule has 0 heterocycles. The first kappa shape index (κ1) is 17.6. The third-order valence-electron chi connectivity index (χ3n) is 2.48. The van der Waals surface area contributed by atoms with Crippen molar-refractivity contribution in [1.29, 1.82) is 0 Å².